The maximum absolute atomic E-state index is 11.5. The van der Waals surface area contributed by atoms with Crippen LogP contribution in [0.2, 0.25) is 0 Å². The molecule has 3 aromatic rings. The van der Waals surface area contributed by atoms with E-state index in [9.17, 15) is 15.0 Å². The smallest absolute Gasteiger partial charge is 0.294 e. The van der Waals surface area contributed by atoms with Gasteiger partial charge in [-0.3, -0.25) is 9.36 Å². The molecule has 0 atom stereocenters. The Morgan fingerprint density at radius 1 is 1.00 bits per heavy atom. The van der Waals surface area contributed by atoms with Crippen molar-refractivity contribution in [2.45, 2.75) is 0 Å². The third-order valence-corrected chi connectivity index (χ3v) is 3.29. The van der Waals surface area contributed by atoms with Crippen molar-refractivity contribution in [1.82, 2.24) is 4.57 Å². The number of aromatic nitrogens is 1. The van der Waals surface area contributed by atoms with Gasteiger partial charge in [-0.2, -0.15) is 0 Å². The highest BCUT2D eigenvalue weighted by Gasteiger charge is 2.17. The molecule has 21 heavy (non-hydrogen) atoms. The minimum Gasteiger partial charge on any atom is -0.494 e. The average Bonchev–Trinajstić information content (AvgIpc) is 2.78. The number of hydrogen-bond acceptors (Lipinski definition) is 4. The van der Waals surface area contributed by atoms with Gasteiger partial charge >= 0.3 is 0 Å². The van der Waals surface area contributed by atoms with Gasteiger partial charge in [0.2, 0.25) is 11.8 Å². The zero-order chi connectivity index (χ0) is 15.0. The summed E-state index contributed by atoms with van der Waals surface area (Å²) in [6, 6.07) is 13.1. The van der Waals surface area contributed by atoms with E-state index in [1.54, 1.807) is 36.4 Å². The lowest BCUT2D eigenvalue weighted by Crippen LogP contribution is -1.98. The normalized spacial score (nSPS) is 10.7. The van der Waals surface area contributed by atoms with Crippen LogP contribution in [0, 0.1) is 5.53 Å². The summed E-state index contributed by atoms with van der Waals surface area (Å²) in [6.45, 7) is 0. The molecule has 0 saturated heterocycles. The van der Waals surface area contributed by atoms with Crippen molar-refractivity contribution in [3.8, 4) is 17.4 Å². The monoisotopic (exact) mass is 281 g/mol. The zero-order valence-corrected chi connectivity index (χ0v) is 10.8. The quantitative estimate of drug-likeness (QED) is 0.629. The second-order valence-corrected chi connectivity index (χ2v) is 4.50. The van der Waals surface area contributed by atoms with E-state index in [-0.39, 0.29) is 17.3 Å². The SMILES string of the molecule is N=NC(=O)c1cccc(-n2c(O)c3ccccc3c2O)c1. The first-order valence-corrected chi connectivity index (χ1v) is 6.17. The fraction of sp³-hybridized carbons (Fsp3) is 0. The van der Waals surface area contributed by atoms with Crippen molar-refractivity contribution in [3.63, 3.8) is 0 Å². The first-order valence-electron chi connectivity index (χ1n) is 6.17. The number of fused-ring (bicyclic) bond motifs is 1. The minimum atomic E-state index is -0.687. The lowest BCUT2D eigenvalue weighted by Gasteiger charge is -2.07. The maximum Gasteiger partial charge on any atom is 0.294 e. The summed E-state index contributed by atoms with van der Waals surface area (Å²) in [5.41, 5.74) is 7.38. The molecule has 0 unspecified atom stereocenters. The number of rotatable bonds is 2. The molecule has 2 aromatic carbocycles. The van der Waals surface area contributed by atoms with Crippen LogP contribution in [0.3, 0.4) is 0 Å². The highest BCUT2D eigenvalue weighted by Crippen LogP contribution is 2.38. The molecule has 104 valence electrons. The Bertz CT molecular complexity index is 829. The number of nitrogens with one attached hydrogen (secondary N) is 1. The van der Waals surface area contributed by atoms with E-state index < -0.39 is 5.91 Å². The molecule has 3 rings (SSSR count). The second kappa shape index (κ2) is 4.75. The van der Waals surface area contributed by atoms with Crippen LogP contribution < -0.4 is 0 Å². The Morgan fingerprint density at radius 2 is 1.62 bits per heavy atom. The van der Waals surface area contributed by atoms with Crippen molar-refractivity contribution in [3.05, 3.63) is 54.1 Å². The van der Waals surface area contributed by atoms with Gasteiger partial charge in [-0.15, -0.1) is 5.11 Å². The van der Waals surface area contributed by atoms with Gasteiger partial charge in [-0.1, -0.05) is 18.2 Å². The highest BCUT2D eigenvalue weighted by atomic mass is 16.3. The predicted molar refractivity (Wildman–Crippen MR) is 76.1 cm³/mol. The summed E-state index contributed by atoms with van der Waals surface area (Å²) in [5.74, 6) is -0.918. The van der Waals surface area contributed by atoms with Crippen LogP contribution >= 0.6 is 0 Å². The van der Waals surface area contributed by atoms with Crippen molar-refractivity contribution < 1.29 is 15.0 Å². The molecule has 0 radical (unpaired) electrons. The molecule has 6 heteroatoms. The van der Waals surface area contributed by atoms with E-state index in [1.165, 1.54) is 16.7 Å². The van der Waals surface area contributed by atoms with Crippen LogP contribution in [-0.4, -0.2) is 20.7 Å². The highest BCUT2D eigenvalue weighted by molar-refractivity contribution is 5.96. The second-order valence-electron chi connectivity index (χ2n) is 4.50. The van der Waals surface area contributed by atoms with Crippen molar-refractivity contribution >= 4 is 16.7 Å². The molecule has 1 amide bonds. The molecule has 1 aromatic heterocycles. The van der Waals surface area contributed by atoms with E-state index in [4.69, 9.17) is 5.53 Å². The molecule has 1 heterocycles. The summed E-state index contributed by atoms with van der Waals surface area (Å²) < 4.78 is 1.24. The Labute approximate surface area is 119 Å². The van der Waals surface area contributed by atoms with Gasteiger partial charge in [0.25, 0.3) is 5.91 Å². The van der Waals surface area contributed by atoms with Crippen molar-refractivity contribution in [2.24, 2.45) is 5.11 Å². The first kappa shape index (κ1) is 12.9. The first-order chi connectivity index (χ1) is 10.1. The van der Waals surface area contributed by atoms with Gasteiger partial charge in [-0.05, 0) is 30.3 Å². The molecule has 6 nitrogen and oxygen atoms in total. The van der Waals surface area contributed by atoms with Crippen LogP contribution in [0.15, 0.2) is 53.6 Å². The lowest BCUT2D eigenvalue weighted by molar-refractivity contribution is 0.0991. The van der Waals surface area contributed by atoms with Gasteiger partial charge in [-0.25, -0.2) is 5.53 Å². The maximum atomic E-state index is 11.5. The number of carbonyl (C=O) groups excluding carboxylic acids is 1. The van der Waals surface area contributed by atoms with Crippen LogP contribution in [-0.2, 0) is 0 Å². The van der Waals surface area contributed by atoms with Gasteiger partial charge in [0.05, 0.1) is 5.69 Å². The van der Waals surface area contributed by atoms with Crippen molar-refractivity contribution in [2.75, 3.05) is 0 Å². The van der Waals surface area contributed by atoms with E-state index in [0.29, 0.717) is 16.5 Å². The van der Waals surface area contributed by atoms with E-state index >= 15 is 0 Å². The number of carbonyl (C=O) groups is 1. The van der Waals surface area contributed by atoms with E-state index in [0.717, 1.165) is 0 Å². The lowest BCUT2D eigenvalue weighted by atomic mass is 10.2. The number of benzene rings is 2. The number of hydrogen-bond donors (Lipinski definition) is 3. The summed E-state index contributed by atoms with van der Waals surface area (Å²) in [7, 11) is 0. The van der Waals surface area contributed by atoms with Crippen LogP contribution in [0.25, 0.3) is 16.5 Å². The van der Waals surface area contributed by atoms with Crippen LogP contribution in [0.5, 0.6) is 11.8 Å². The van der Waals surface area contributed by atoms with Gasteiger partial charge in [0.15, 0.2) is 0 Å². The number of amides is 1. The van der Waals surface area contributed by atoms with E-state index in [1.807, 2.05) is 0 Å². The molecular formula is C15H11N3O3. The van der Waals surface area contributed by atoms with Crippen LogP contribution in [0.1, 0.15) is 10.4 Å². The fourth-order valence-electron chi connectivity index (χ4n) is 2.30. The largest absolute Gasteiger partial charge is 0.494 e. The minimum absolute atomic E-state index is 0.115. The third-order valence-electron chi connectivity index (χ3n) is 3.29. The zero-order valence-electron chi connectivity index (χ0n) is 10.8. The molecule has 0 aliphatic carbocycles. The summed E-state index contributed by atoms with van der Waals surface area (Å²) in [4.78, 5) is 11.5. The Morgan fingerprint density at radius 3 is 2.19 bits per heavy atom. The molecule has 0 bridgehead atoms. The number of nitrogens with zero attached hydrogens (tertiary/aromatic N) is 2. The standard InChI is InChI=1S/C15H11N3O3/c16-17-13(19)9-4-3-5-10(8-9)18-14(20)11-6-1-2-7-12(11)15(18)21/h1-8,16,20-21H. The van der Waals surface area contributed by atoms with Crippen LogP contribution in [0.4, 0.5) is 0 Å². The molecule has 0 aliphatic rings. The summed E-state index contributed by atoms with van der Waals surface area (Å²) in [6.07, 6.45) is 0. The molecule has 0 fully saturated rings. The number of aromatic hydroxyl groups is 2. The topological polar surface area (TPSA) is 98.7 Å². The van der Waals surface area contributed by atoms with Gasteiger partial charge in [0, 0.05) is 16.3 Å². The molecule has 0 saturated carbocycles. The molecule has 0 aliphatic heterocycles. The summed E-state index contributed by atoms with van der Waals surface area (Å²) in [5, 5.41) is 24.4. The fourth-order valence-corrected chi connectivity index (χ4v) is 2.30. The Hall–Kier alpha value is -3.15. The van der Waals surface area contributed by atoms with Gasteiger partial charge < -0.3 is 10.2 Å². The Balaban J connectivity index is 2.26. The predicted octanol–water partition coefficient (Wildman–Crippen LogP) is 3.21. The average molecular weight is 281 g/mol. The molecule has 3 N–H and O–H groups in total. The molecule has 0 spiro atoms. The molecular weight excluding hydrogens is 270 g/mol. The van der Waals surface area contributed by atoms with Crippen molar-refractivity contribution in [1.29, 1.82) is 5.53 Å². The third kappa shape index (κ3) is 1.93. The van der Waals surface area contributed by atoms with Gasteiger partial charge in [0.1, 0.15) is 0 Å². The van der Waals surface area contributed by atoms with E-state index in [2.05, 4.69) is 5.11 Å². The summed E-state index contributed by atoms with van der Waals surface area (Å²) >= 11 is 0. The Kier molecular flexibility index (Phi) is 2.91.